The van der Waals surface area contributed by atoms with E-state index in [0.29, 0.717) is 5.56 Å². The highest BCUT2D eigenvalue weighted by Crippen LogP contribution is 2.26. The number of pyridine rings is 1. The van der Waals surface area contributed by atoms with Crippen LogP contribution in [0, 0.1) is 20.8 Å². The summed E-state index contributed by atoms with van der Waals surface area (Å²) < 4.78 is 0. The van der Waals surface area contributed by atoms with E-state index in [2.05, 4.69) is 11.1 Å². The third kappa shape index (κ3) is 3.16. The summed E-state index contributed by atoms with van der Waals surface area (Å²) in [5.74, 6) is 0.0245. The van der Waals surface area contributed by atoms with Gasteiger partial charge in [-0.25, -0.2) is 0 Å². The maximum Gasteiger partial charge on any atom is 0.254 e. The molecule has 1 aliphatic rings. The van der Waals surface area contributed by atoms with Crippen LogP contribution in [0.25, 0.3) is 10.9 Å². The van der Waals surface area contributed by atoms with Crippen molar-refractivity contribution in [2.75, 3.05) is 13.2 Å². The normalized spacial score (nSPS) is 18.7. The van der Waals surface area contributed by atoms with Crippen molar-refractivity contribution in [1.29, 1.82) is 0 Å². The number of amides is 1. The van der Waals surface area contributed by atoms with Crippen LogP contribution in [0.3, 0.4) is 0 Å². The number of fused-ring (bicyclic) bond motifs is 1. The van der Waals surface area contributed by atoms with Crippen LogP contribution in [0.1, 0.15) is 52.9 Å². The Morgan fingerprint density at radius 3 is 2.75 bits per heavy atom. The van der Waals surface area contributed by atoms with Gasteiger partial charge in [0.05, 0.1) is 23.7 Å². The molecule has 1 N–H and O–H groups in total. The van der Waals surface area contributed by atoms with Gasteiger partial charge < -0.3 is 10.0 Å². The smallest absolute Gasteiger partial charge is 0.254 e. The molecule has 1 aliphatic heterocycles. The standard InChI is InChI=1S/C20H26N2O2/c1-13-9-14(2)19-17(10-13)18(11-15(3)21-19)20(24)22-8-6-4-5-7-16(22)12-23/h9-11,16,23H,4-8,12H2,1-3H3/t16-/m1/s1. The van der Waals surface area contributed by atoms with Crippen molar-refractivity contribution in [2.24, 2.45) is 0 Å². The zero-order valence-electron chi connectivity index (χ0n) is 14.8. The van der Waals surface area contributed by atoms with Gasteiger partial charge in [0.2, 0.25) is 0 Å². The first-order chi connectivity index (χ1) is 11.5. The van der Waals surface area contributed by atoms with Gasteiger partial charge in [0.15, 0.2) is 0 Å². The Morgan fingerprint density at radius 1 is 1.21 bits per heavy atom. The summed E-state index contributed by atoms with van der Waals surface area (Å²) in [6.45, 7) is 6.77. The monoisotopic (exact) mass is 326 g/mol. The van der Waals surface area contributed by atoms with Crippen LogP contribution in [0.5, 0.6) is 0 Å². The van der Waals surface area contributed by atoms with Gasteiger partial charge in [-0.1, -0.05) is 24.5 Å². The minimum atomic E-state index is -0.0746. The van der Waals surface area contributed by atoms with E-state index in [1.54, 1.807) is 0 Å². The van der Waals surface area contributed by atoms with Gasteiger partial charge in [0.1, 0.15) is 0 Å². The number of aromatic nitrogens is 1. The Labute approximate surface area is 143 Å². The molecule has 1 aromatic carbocycles. The average molecular weight is 326 g/mol. The summed E-state index contributed by atoms with van der Waals surface area (Å²) >= 11 is 0. The Kier molecular flexibility index (Phi) is 4.86. The number of rotatable bonds is 2. The predicted octanol–water partition coefficient (Wildman–Crippen LogP) is 3.54. The molecule has 1 saturated heterocycles. The van der Waals surface area contributed by atoms with Crippen molar-refractivity contribution in [3.8, 4) is 0 Å². The molecule has 4 heteroatoms. The molecule has 0 radical (unpaired) electrons. The fraction of sp³-hybridized carbons (Fsp3) is 0.500. The first-order valence-electron chi connectivity index (χ1n) is 8.81. The second-order valence-electron chi connectivity index (χ2n) is 6.97. The largest absolute Gasteiger partial charge is 0.394 e. The number of carbonyl (C=O) groups is 1. The van der Waals surface area contributed by atoms with Gasteiger partial charge in [-0.05, 0) is 51.3 Å². The summed E-state index contributed by atoms with van der Waals surface area (Å²) in [7, 11) is 0. The van der Waals surface area contributed by atoms with Crippen LogP contribution >= 0.6 is 0 Å². The number of aliphatic hydroxyl groups is 1. The minimum absolute atomic E-state index is 0.0245. The van der Waals surface area contributed by atoms with Crippen LogP contribution in [0.15, 0.2) is 18.2 Å². The first kappa shape index (κ1) is 16.9. The highest BCUT2D eigenvalue weighted by atomic mass is 16.3. The van der Waals surface area contributed by atoms with Gasteiger partial charge in [0.25, 0.3) is 5.91 Å². The van der Waals surface area contributed by atoms with Crippen molar-refractivity contribution in [3.05, 3.63) is 40.6 Å². The second-order valence-corrected chi connectivity index (χ2v) is 6.97. The van der Waals surface area contributed by atoms with Crippen LogP contribution in [-0.4, -0.2) is 40.1 Å². The Balaban J connectivity index is 2.12. The lowest BCUT2D eigenvalue weighted by Crippen LogP contribution is -2.42. The Hall–Kier alpha value is -1.94. The molecular weight excluding hydrogens is 300 g/mol. The molecule has 0 aliphatic carbocycles. The van der Waals surface area contributed by atoms with Crippen LogP contribution < -0.4 is 0 Å². The third-order valence-corrected chi connectivity index (χ3v) is 4.96. The average Bonchev–Trinajstić information content (AvgIpc) is 2.79. The molecule has 1 amide bonds. The van der Waals surface area contributed by atoms with Gasteiger partial charge in [0, 0.05) is 17.6 Å². The van der Waals surface area contributed by atoms with E-state index in [1.807, 2.05) is 37.8 Å². The molecule has 1 fully saturated rings. The summed E-state index contributed by atoms with van der Waals surface area (Å²) in [5, 5.41) is 10.7. The highest BCUT2D eigenvalue weighted by Gasteiger charge is 2.27. The van der Waals surface area contributed by atoms with E-state index in [-0.39, 0.29) is 18.6 Å². The number of aliphatic hydroxyl groups excluding tert-OH is 1. The van der Waals surface area contributed by atoms with Crippen molar-refractivity contribution in [1.82, 2.24) is 9.88 Å². The van der Waals surface area contributed by atoms with E-state index in [1.165, 1.54) is 0 Å². The SMILES string of the molecule is Cc1cc(C)c2nc(C)cc(C(=O)N3CCCCC[C@@H]3CO)c2c1. The maximum atomic E-state index is 13.3. The summed E-state index contributed by atoms with van der Waals surface area (Å²) in [5.41, 5.74) is 4.70. The molecule has 1 atom stereocenters. The quantitative estimate of drug-likeness (QED) is 0.918. The summed E-state index contributed by atoms with van der Waals surface area (Å²) in [6.07, 6.45) is 4.07. The van der Waals surface area contributed by atoms with Crippen molar-refractivity contribution in [2.45, 2.75) is 52.5 Å². The Morgan fingerprint density at radius 2 is 2.00 bits per heavy atom. The van der Waals surface area contributed by atoms with Crippen molar-refractivity contribution < 1.29 is 9.90 Å². The van der Waals surface area contributed by atoms with E-state index < -0.39 is 0 Å². The van der Waals surface area contributed by atoms with E-state index in [0.717, 1.165) is 60.0 Å². The third-order valence-electron chi connectivity index (χ3n) is 4.96. The summed E-state index contributed by atoms with van der Waals surface area (Å²) in [4.78, 5) is 19.8. The molecule has 24 heavy (non-hydrogen) atoms. The molecule has 0 unspecified atom stereocenters. The van der Waals surface area contributed by atoms with Gasteiger partial charge in [-0.2, -0.15) is 0 Å². The molecular formula is C20H26N2O2. The number of hydrogen-bond acceptors (Lipinski definition) is 3. The van der Waals surface area contributed by atoms with Crippen molar-refractivity contribution >= 4 is 16.8 Å². The fourth-order valence-corrected chi connectivity index (χ4v) is 3.78. The topological polar surface area (TPSA) is 53.4 Å². The van der Waals surface area contributed by atoms with Crippen molar-refractivity contribution in [3.63, 3.8) is 0 Å². The molecule has 2 aromatic rings. The van der Waals surface area contributed by atoms with Gasteiger partial charge in [-0.15, -0.1) is 0 Å². The molecule has 1 aromatic heterocycles. The minimum Gasteiger partial charge on any atom is -0.394 e. The number of carbonyl (C=O) groups excluding carboxylic acids is 1. The Bertz CT molecular complexity index is 770. The zero-order chi connectivity index (χ0) is 17.3. The first-order valence-corrected chi connectivity index (χ1v) is 8.81. The predicted molar refractivity (Wildman–Crippen MR) is 96.3 cm³/mol. The lowest BCUT2D eigenvalue weighted by Gasteiger charge is -2.29. The number of aryl methyl sites for hydroxylation is 3. The van der Waals surface area contributed by atoms with Crippen LogP contribution in [0.2, 0.25) is 0 Å². The van der Waals surface area contributed by atoms with Crippen LogP contribution in [0.4, 0.5) is 0 Å². The molecule has 128 valence electrons. The van der Waals surface area contributed by atoms with E-state index in [9.17, 15) is 9.90 Å². The molecule has 3 rings (SSSR count). The molecule has 4 nitrogen and oxygen atoms in total. The van der Waals surface area contributed by atoms with E-state index in [4.69, 9.17) is 0 Å². The lowest BCUT2D eigenvalue weighted by molar-refractivity contribution is 0.0601. The molecule has 0 spiro atoms. The highest BCUT2D eigenvalue weighted by molar-refractivity contribution is 6.07. The van der Waals surface area contributed by atoms with Crippen LogP contribution in [-0.2, 0) is 0 Å². The van der Waals surface area contributed by atoms with Gasteiger partial charge in [-0.3, -0.25) is 9.78 Å². The number of nitrogens with zero attached hydrogens (tertiary/aromatic N) is 2. The number of hydrogen-bond donors (Lipinski definition) is 1. The zero-order valence-corrected chi connectivity index (χ0v) is 14.8. The van der Waals surface area contributed by atoms with E-state index >= 15 is 0 Å². The second kappa shape index (κ2) is 6.89. The number of benzene rings is 1. The molecule has 2 heterocycles. The molecule has 0 saturated carbocycles. The molecule has 0 bridgehead atoms. The fourth-order valence-electron chi connectivity index (χ4n) is 3.78. The summed E-state index contributed by atoms with van der Waals surface area (Å²) in [6, 6.07) is 5.97. The lowest BCUT2D eigenvalue weighted by atomic mass is 10.00. The number of likely N-dealkylation sites (tertiary alicyclic amines) is 1. The van der Waals surface area contributed by atoms with Gasteiger partial charge >= 0.3 is 0 Å². The maximum absolute atomic E-state index is 13.3.